The van der Waals surface area contributed by atoms with Gasteiger partial charge in [0.05, 0.1) is 5.69 Å². The van der Waals surface area contributed by atoms with Crippen molar-refractivity contribution < 1.29 is 23.9 Å². The average molecular weight is 562 g/mol. The van der Waals surface area contributed by atoms with Crippen LogP contribution in [0.25, 0.3) is 0 Å². The number of anilines is 2. The van der Waals surface area contributed by atoms with Gasteiger partial charge in [0.15, 0.2) is 6.29 Å². The summed E-state index contributed by atoms with van der Waals surface area (Å²) in [5.74, 6) is 0. The molecule has 0 bridgehead atoms. The third-order valence-corrected chi connectivity index (χ3v) is 4.57. The van der Waals surface area contributed by atoms with E-state index in [1.807, 2.05) is 0 Å². The fraction of sp³-hybridized carbons (Fsp3) is 0.381. The molecule has 0 saturated heterocycles. The second kappa shape index (κ2) is 10.2. The highest BCUT2D eigenvalue weighted by molar-refractivity contribution is 9.10. The molecular weight excluding hydrogens is 539 g/mol. The number of halogens is 3. The van der Waals surface area contributed by atoms with Gasteiger partial charge in [0.25, 0.3) is 0 Å². The molecule has 0 fully saturated rings. The van der Waals surface area contributed by atoms with E-state index < -0.39 is 23.4 Å². The summed E-state index contributed by atoms with van der Waals surface area (Å²) in [7, 11) is 0. The molecule has 0 aliphatic rings. The molecule has 2 amide bonds. The Morgan fingerprint density at radius 2 is 1.27 bits per heavy atom. The van der Waals surface area contributed by atoms with Crippen molar-refractivity contribution in [3.63, 3.8) is 0 Å². The number of nitrogens with zero attached hydrogens (tertiary/aromatic N) is 4. The minimum absolute atomic E-state index is 0.0168. The highest BCUT2D eigenvalue weighted by Gasteiger charge is 2.38. The van der Waals surface area contributed by atoms with Crippen LogP contribution >= 0.6 is 39.1 Å². The van der Waals surface area contributed by atoms with Crippen LogP contribution in [0, 0.1) is 0 Å². The molecule has 178 valence electrons. The lowest BCUT2D eigenvalue weighted by molar-refractivity contribution is 0.0479. The van der Waals surface area contributed by atoms with Crippen LogP contribution in [0.1, 0.15) is 52.0 Å². The average Bonchev–Trinajstić information content (AvgIpc) is 2.64. The Labute approximate surface area is 210 Å². The van der Waals surface area contributed by atoms with Crippen molar-refractivity contribution >= 4 is 69.0 Å². The smallest absolute Gasteiger partial charge is 0.434 e. The number of hydrogen-bond acceptors (Lipinski definition) is 7. The van der Waals surface area contributed by atoms with Gasteiger partial charge in [0, 0.05) is 0 Å². The number of hydrazine groups is 1. The molecule has 0 aliphatic heterocycles. The molecule has 9 nitrogen and oxygen atoms in total. The Balaban J connectivity index is 2.82. The molecule has 0 radical (unpaired) electrons. The topological polar surface area (TPSA) is 102 Å². The van der Waals surface area contributed by atoms with Crippen LogP contribution < -0.4 is 10.0 Å². The van der Waals surface area contributed by atoms with Crippen molar-refractivity contribution in [1.82, 2.24) is 9.97 Å². The minimum atomic E-state index is -0.984. The summed E-state index contributed by atoms with van der Waals surface area (Å²) in [5.41, 5.74) is -2.05. The largest absolute Gasteiger partial charge is 0.442 e. The molecule has 0 N–H and O–H groups in total. The molecule has 2 aromatic rings. The molecule has 0 atom stereocenters. The molecule has 2 rings (SSSR count). The zero-order chi connectivity index (χ0) is 25.1. The first kappa shape index (κ1) is 26.8. The summed E-state index contributed by atoms with van der Waals surface area (Å²) in [5, 5.41) is 1.87. The Kier molecular flexibility index (Phi) is 8.32. The fourth-order valence-corrected chi connectivity index (χ4v) is 3.35. The van der Waals surface area contributed by atoms with Gasteiger partial charge in [-0.15, -0.1) is 0 Å². The molecule has 2 aromatic heterocycles. The maximum absolute atomic E-state index is 13.4. The molecule has 2 heterocycles. The van der Waals surface area contributed by atoms with Crippen molar-refractivity contribution in [2.45, 2.75) is 52.7 Å². The van der Waals surface area contributed by atoms with Crippen LogP contribution in [0.3, 0.4) is 0 Å². The summed E-state index contributed by atoms with van der Waals surface area (Å²) in [4.78, 5) is 46.6. The van der Waals surface area contributed by atoms with E-state index in [1.54, 1.807) is 41.5 Å². The number of ether oxygens (including phenoxy) is 2. The predicted octanol–water partition coefficient (Wildman–Crippen LogP) is 6.46. The Morgan fingerprint density at radius 3 is 1.70 bits per heavy atom. The van der Waals surface area contributed by atoms with Gasteiger partial charge in [-0.2, -0.15) is 10.0 Å². The van der Waals surface area contributed by atoms with Gasteiger partial charge >= 0.3 is 12.2 Å². The molecule has 33 heavy (non-hydrogen) atoms. The Morgan fingerprint density at radius 1 is 0.848 bits per heavy atom. The van der Waals surface area contributed by atoms with Crippen molar-refractivity contribution in [3.8, 4) is 0 Å². The molecule has 12 heteroatoms. The highest BCUT2D eigenvalue weighted by Crippen LogP contribution is 2.33. The first-order chi connectivity index (χ1) is 15.1. The lowest BCUT2D eigenvalue weighted by Crippen LogP contribution is -2.54. The van der Waals surface area contributed by atoms with Crippen LogP contribution in [0.2, 0.25) is 10.3 Å². The quantitative estimate of drug-likeness (QED) is 0.241. The lowest BCUT2D eigenvalue weighted by Gasteiger charge is -2.36. The summed E-state index contributed by atoms with van der Waals surface area (Å²) < 4.78 is 11.2. The van der Waals surface area contributed by atoms with E-state index in [0.29, 0.717) is 6.29 Å². The summed E-state index contributed by atoms with van der Waals surface area (Å²) in [6, 6.07) is 5.60. The Hall–Kier alpha value is -2.43. The fourth-order valence-electron chi connectivity index (χ4n) is 2.46. The molecule has 0 unspecified atom stereocenters. The van der Waals surface area contributed by atoms with E-state index in [-0.39, 0.29) is 32.0 Å². The maximum atomic E-state index is 13.4. The second-order valence-electron chi connectivity index (χ2n) is 8.68. The number of pyridine rings is 2. The Bertz CT molecular complexity index is 1070. The number of amides is 2. The van der Waals surface area contributed by atoms with Crippen LogP contribution in [0.4, 0.5) is 21.0 Å². The monoisotopic (exact) mass is 560 g/mol. The molecule has 0 saturated carbocycles. The summed E-state index contributed by atoms with van der Waals surface area (Å²) >= 11 is 15.2. The summed E-state index contributed by atoms with van der Waals surface area (Å²) in [6.45, 7) is 9.95. The summed E-state index contributed by atoms with van der Waals surface area (Å²) in [6.07, 6.45) is -1.53. The lowest BCUT2D eigenvalue weighted by atomic mass is 10.2. The van der Waals surface area contributed by atoms with Crippen molar-refractivity contribution in [2.24, 2.45) is 0 Å². The van der Waals surface area contributed by atoms with Crippen molar-refractivity contribution in [1.29, 1.82) is 0 Å². The van der Waals surface area contributed by atoms with E-state index in [0.717, 1.165) is 10.0 Å². The van der Waals surface area contributed by atoms with Crippen molar-refractivity contribution in [3.05, 3.63) is 44.9 Å². The van der Waals surface area contributed by atoms with Crippen molar-refractivity contribution in [2.75, 3.05) is 10.0 Å². The zero-order valence-corrected chi connectivity index (χ0v) is 21.9. The van der Waals surface area contributed by atoms with E-state index in [4.69, 9.17) is 32.7 Å². The van der Waals surface area contributed by atoms with E-state index in [1.165, 1.54) is 24.3 Å². The van der Waals surface area contributed by atoms with Gasteiger partial charge in [0.2, 0.25) is 0 Å². The molecule has 0 spiro atoms. The van der Waals surface area contributed by atoms with Crippen LogP contribution in [0.15, 0.2) is 28.9 Å². The number of aromatic nitrogens is 2. The maximum Gasteiger partial charge on any atom is 0.434 e. The number of aldehydes is 1. The van der Waals surface area contributed by atoms with Gasteiger partial charge < -0.3 is 9.47 Å². The highest BCUT2D eigenvalue weighted by atomic mass is 79.9. The normalized spacial score (nSPS) is 11.5. The predicted molar refractivity (Wildman–Crippen MR) is 129 cm³/mol. The van der Waals surface area contributed by atoms with Crippen LogP contribution in [-0.2, 0) is 9.47 Å². The van der Waals surface area contributed by atoms with Gasteiger partial charge in [0.1, 0.15) is 37.5 Å². The SMILES string of the molecule is CC(C)(C)OC(=O)N(c1ccc(Cl)nc1Br)N(C(=O)OC(C)(C)C)c1ccc(Cl)nc1C=O. The van der Waals surface area contributed by atoms with Gasteiger partial charge in [-0.25, -0.2) is 19.6 Å². The number of rotatable bonds is 3. The second-order valence-corrected chi connectivity index (χ2v) is 10.2. The van der Waals surface area contributed by atoms with E-state index in [9.17, 15) is 14.4 Å². The molecule has 0 aliphatic carbocycles. The van der Waals surface area contributed by atoms with E-state index >= 15 is 0 Å². The van der Waals surface area contributed by atoms with Gasteiger partial charge in [-0.1, -0.05) is 23.2 Å². The number of carbonyl (C=O) groups is 3. The number of carbonyl (C=O) groups excluding carboxylic acids is 3. The number of hydrogen-bond donors (Lipinski definition) is 0. The third-order valence-electron chi connectivity index (χ3n) is 3.56. The van der Waals surface area contributed by atoms with E-state index in [2.05, 4.69) is 25.9 Å². The molecule has 0 aromatic carbocycles. The first-order valence-corrected chi connectivity index (χ1v) is 11.2. The standard InChI is InChI=1S/C21H23BrCl2N4O5/c1-20(2,3)32-18(30)27(13-7-9-15(23)25-12(13)11-29)28(19(31)33-21(4,5)6)14-8-10-16(24)26-17(14)22/h7-11H,1-6H3. The van der Waals surface area contributed by atoms with Gasteiger partial charge in [-0.3, -0.25) is 4.79 Å². The zero-order valence-electron chi connectivity index (χ0n) is 18.9. The minimum Gasteiger partial charge on any atom is -0.442 e. The first-order valence-electron chi connectivity index (χ1n) is 9.63. The van der Waals surface area contributed by atoms with Gasteiger partial charge in [-0.05, 0) is 81.7 Å². The molecular formula is C21H23BrCl2N4O5. The third kappa shape index (κ3) is 7.28. The van der Waals surface area contributed by atoms with Crippen LogP contribution in [0.5, 0.6) is 0 Å². The van der Waals surface area contributed by atoms with Crippen LogP contribution in [-0.4, -0.2) is 39.6 Å².